The predicted molar refractivity (Wildman–Crippen MR) is 108 cm³/mol. The maximum atomic E-state index is 12.2. The van der Waals surface area contributed by atoms with Crippen LogP contribution in [-0.2, 0) is 11.3 Å². The average Bonchev–Trinajstić information content (AvgIpc) is 3.33. The van der Waals surface area contributed by atoms with E-state index in [1.807, 2.05) is 24.3 Å². The second kappa shape index (κ2) is 9.11. The monoisotopic (exact) mass is 372 g/mol. The Balaban J connectivity index is 1.50. The highest BCUT2D eigenvalue weighted by Gasteiger charge is 2.41. The van der Waals surface area contributed by atoms with E-state index in [1.54, 1.807) is 7.11 Å². The number of carbonyl (C=O) groups is 1. The number of methoxy groups -OCH3 is 1. The summed E-state index contributed by atoms with van der Waals surface area (Å²) in [6.45, 7) is 5.66. The molecule has 27 heavy (non-hydrogen) atoms. The van der Waals surface area contributed by atoms with E-state index < -0.39 is 0 Å². The third-order valence-corrected chi connectivity index (χ3v) is 5.76. The van der Waals surface area contributed by atoms with Crippen LogP contribution < -0.4 is 15.4 Å². The first-order valence-corrected chi connectivity index (χ1v) is 10.1. The number of hydrogen-bond donors (Lipinski definition) is 2. The maximum absolute atomic E-state index is 12.2. The summed E-state index contributed by atoms with van der Waals surface area (Å²) in [5.41, 5.74) is 1.54. The Morgan fingerprint density at radius 1 is 1.19 bits per heavy atom. The van der Waals surface area contributed by atoms with Gasteiger partial charge in [0, 0.05) is 26.2 Å². The first-order valence-electron chi connectivity index (χ1n) is 10.1. The van der Waals surface area contributed by atoms with E-state index >= 15 is 0 Å². The van der Waals surface area contributed by atoms with Gasteiger partial charge in [-0.2, -0.15) is 0 Å². The van der Waals surface area contributed by atoms with Gasteiger partial charge in [-0.05, 0) is 49.3 Å². The second-order valence-corrected chi connectivity index (χ2v) is 7.67. The second-order valence-electron chi connectivity index (χ2n) is 7.67. The molecule has 1 aromatic carbocycles. The van der Waals surface area contributed by atoms with Crippen molar-refractivity contribution < 1.29 is 9.53 Å². The summed E-state index contributed by atoms with van der Waals surface area (Å²) in [6, 6.07) is 7.71. The lowest BCUT2D eigenvalue weighted by molar-refractivity contribution is -0.119. The van der Waals surface area contributed by atoms with Crippen LogP contribution in [0.5, 0.6) is 5.75 Å². The average molecular weight is 373 g/mol. The Morgan fingerprint density at radius 2 is 1.93 bits per heavy atom. The zero-order valence-electron chi connectivity index (χ0n) is 16.6. The number of nitrogens with zero attached hydrogens (tertiary/aromatic N) is 2. The van der Waals surface area contributed by atoms with Crippen LogP contribution in [0.3, 0.4) is 0 Å². The third-order valence-electron chi connectivity index (χ3n) is 5.76. The summed E-state index contributed by atoms with van der Waals surface area (Å²) in [4.78, 5) is 19.2. The van der Waals surface area contributed by atoms with Gasteiger partial charge in [-0.3, -0.25) is 4.79 Å². The van der Waals surface area contributed by atoms with Crippen molar-refractivity contribution in [3.05, 3.63) is 29.8 Å². The lowest BCUT2D eigenvalue weighted by Gasteiger charge is -2.25. The van der Waals surface area contributed by atoms with Gasteiger partial charge in [0.1, 0.15) is 12.3 Å². The van der Waals surface area contributed by atoms with Gasteiger partial charge < -0.3 is 20.3 Å². The van der Waals surface area contributed by atoms with Crippen LogP contribution in [0.1, 0.15) is 44.6 Å². The molecule has 1 aliphatic heterocycles. The molecule has 1 saturated heterocycles. The van der Waals surface area contributed by atoms with Crippen molar-refractivity contribution in [2.24, 2.45) is 10.4 Å². The van der Waals surface area contributed by atoms with Crippen LogP contribution in [0.15, 0.2) is 29.3 Å². The van der Waals surface area contributed by atoms with Gasteiger partial charge in [0.25, 0.3) is 0 Å². The quantitative estimate of drug-likeness (QED) is 0.595. The van der Waals surface area contributed by atoms with E-state index in [0.29, 0.717) is 12.0 Å². The molecule has 2 fully saturated rings. The van der Waals surface area contributed by atoms with Gasteiger partial charge in [0.05, 0.1) is 7.11 Å². The van der Waals surface area contributed by atoms with Crippen molar-refractivity contribution in [1.82, 2.24) is 15.5 Å². The van der Waals surface area contributed by atoms with Crippen LogP contribution >= 0.6 is 0 Å². The van der Waals surface area contributed by atoms with E-state index in [-0.39, 0.29) is 12.5 Å². The minimum atomic E-state index is -0.0593. The maximum Gasteiger partial charge on any atom is 0.242 e. The molecular formula is C21H32N4O2. The molecule has 1 heterocycles. The molecule has 2 aliphatic rings. The van der Waals surface area contributed by atoms with Crippen molar-refractivity contribution in [2.75, 3.05) is 33.3 Å². The number of likely N-dealkylation sites (tertiary alicyclic amines) is 1. The summed E-state index contributed by atoms with van der Waals surface area (Å²) >= 11 is 0. The van der Waals surface area contributed by atoms with Crippen LogP contribution in [-0.4, -0.2) is 50.1 Å². The summed E-state index contributed by atoms with van der Waals surface area (Å²) < 4.78 is 5.15. The number of hydrogen-bond acceptors (Lipinski definition) is 3. The fraction of sp³-hybridized carbons (Fsp3) is 0.619. The SMILES string of the molecule is CCNC(=NCC(=O)NCc1ccc(OC)cc1)N1CCC2(CCCC2)C1. The van der Waals surface area contributed by atoms with Gasteiger partial charge in [0.15, 0.2) is 5.96 Å². The summed E-state index contributed by atoms with van der Waals surface area (Å²) in [7, 11) is 1.64. The van der Waals surface area contributed by atoms with E-state index in [9.17, 15) is 4.79 Å². The topological polar surface area (TPSA) is 66.0 Å². The standard InChI is InChI=1S/C21H32N4O2/c1-3-22-20(25-13-12-21(16-25)10-4-5-11-21)24-15-19(26)23-14-17-6-8-18(27-2)9-7-17/h6-9H,3-5,10-16H2,1-2H3,(H,22,24)(H,23,26). The Morgan fingerprint density at radius 3 is 2.59 bits per heavy atom. The molecule has 0 unspecified atom stereocenters. The summed E-state index contributed by atoms with van der Waals surface area (Å²) in [5, 5.41) is 6.29. The Kier molecular flexibility index (Phi) is 6.58. The molecule has 0 aromatic heterocycles. The van der Waals surface area contributed by atoms with Gasteiger partial charge in [-0.1, -0.05) is 25.0 Å². The molecule has 6 heteroatoms. The minimum absolute atomic E-state index is 0.0593. The van der Waals surface area contributed by atoms with E-state index in [1.165, 1.54) is 32.1 Å². The van der Waals surface area contributed by atoms with Crippen LogP contribution in [0.25, 0.3) is 0 Å². The molecule has 1 aromatic rings. The van der Waals surface area contributed by atoms with E-state index in [0.717, 1.165) is 36.9 Å². The number of guanidine groups is 1. The van der Waals surface area contributed by atoms with Gasteiger partial charge >= 0.3 is 0 Å². The molecule has 148 valence electrons. The van der Waals surface area contributed by atoms with Crippen molar-refractivity contribution in [2.45, 2.75) is 45.6 Å². The first kappa shape index (κ1) is 19.5. The summed E-state index contributed by atoms with van der Waals surface area (Å²) in [5.74, 6) is 1.63. The van der Waals surface area contributed by atoms with E-state index in [2.05, 4.69) is 27.4 Å². The van der Waals surface area contributed by atoms with Crippen LogP contribution in [0, 0.1) is 5.41 Å². The molecular weight excluding hydrogens is 340 g/mol. The largest absolute Gasteiger partial charge is 0.497 e. The lowest BCUT2D eigenvalue weighted by atomic mass is 9.86. The third kappa shape index (κ3) is 5.15. The highest BCUT2D eigenvalue weighted by molar-refractivity contribution is 5.85. The van der Waals surface area contributed by atoms with Crippen molar-refractivity contribution >= 4 is 11.9 Å². The number of aliphatic imine (C=N–C) groups is 1. The molecule has 0 bridgehead atoms. The number of ether oxygens (including phenoxy) is 1. The Bertz CT molecular complexity index is 651. The van der Waals surface area contributed by atoms with Crippen LogP contribution in [0.2, 0.25) is 0 Å². The highest BCUT2D eigenvalue weighted by Crippen LogP contribution is 2.45. The van der Waals surface area contributed by atoms with Crippen molar-refractivity contribution in [3.63, 3.8) is 0 Å². The molecule has 1 saturated carbocycles. The van der Waals surface area contributed by atoms with Crippen molar-refractivity contribution in [1.29, 1.82) is 0 Å². The Labute approximate surface area is 162 Å². The normalized spacial score (nSPS) is 18.7. The van der Waals surface area contributed by atoms with Gasteiger partial charge in [-0.25, -0.2) is 4.99 Å². The number of nitrogens with one attached hydrogen (secondary N) is 2. The summed E-state index contributed by atoms with van der Waals surface area (Å²) in [6.07, 6.45) is 6.64. The molecule has 3 rings (SSSR count). The molecule has 0 atom stereocenters. The number of benzene rings is 1. The smallest absolute Gasteiger partial charge is 0.242 e. The highest BCUT2D eigenvalue weighted by atomic mass is 16.5. The number of carbonyl (C=O) groups excluding carboxylic acids is 1. The molecule has 1 amide bonds. The zero-order chi connectivity index (χ0) is 19.1. The molecule has 1 spiro atoms. The molecule has 0 radical (unpaired) electrons. The van der Waals surface area contributed by atoms with Gasteiger partial charge in [-0.15, -0.1) is 0 Å². The van der Waals surface area contributed by atoms with E-state index in [4.69, 9.17) is 4.74 Å². The molecule has 2 N–H and O–H groups in total. The number of rotatable bonds is 6. The molecule has 6 nitrogen and oxygen atoms in total. The van der Waals surface area contributed by atoms with Crippen molar-refractivity contribution in [3.8, 4) is 5.75 Å². The zero-order valence-corrected chi connectivity index (χ0v) is 16.6. The Hall–Kier alpha value is -2.24. The van der Waals surface area contributed by atoms with Crippen LogP contribution in [0.4, 0.5) is 0 Å². The minimum Gasteiger partial charge on any atom is -0.497 e. The lowest BCUT2D eigenvalue weighted by Crippen LogP contribution is -2.41. The molecule has 1 aliphatic carbocycles. The first-order chi connectivity index (χ1) is 13.1. The van der Waals surface area contributed by atoms with Gasteiger partial charge in [0.2, 0.25) is 5.91 Å². The fourth-order valence-electron chi connectivity index (χ4n) is 4.22. The number of amides is 1. The predicted octanol–water partition coefficient (Wildman–Crippen LogP) is 2.54. The fourth-order valence-corrected chi connectivity index (χ4v) is 4.22.